The highest BCUT2D eigenvalue weighted by molar-refractivity contribution is 6.12. The van der Waals surface area contributed by atoms with E-state index in [0.29, 0.717) is 0 Å². The molecule has 0 aliphatic carbocycles. The molecule has 1 aromatic carbocycles. The zero-order chi connectivity index (χ0) is 14.6. The minimum absolute atomic E-state index is 0.0138. The molecule has 0 unspecified atom stereocenters. The Morgan fingerprint density at radius 3 is 2.11 bits per heavy atom. The number of aliphatic hydroxyl groups excluding tert-OH is 1. The third-order valence-corrected chi connectivity index (χ3v) is 2.31. The number of hydrogen-bond donors (Lipinski definition) is 1. The minimum Gasteiger partial charge on any atom is -0.512 e. The second-order valence-electron chi connectivity index (χ2n) is 3.86. The normalized spacial score (nSPS) is 13.5. The number of hydrogen-bond acceptors (Lipinski definition) is 3. The van der Waals surface area contributed by atoms with Crippen molar-refractivity contribution >= 4 is 17.7 Å². The maximum absolute atomic E-state index is 12.3. The van der Waals surface area contributed by atoms with E-state index in [2.05, 4.69) is 4.99 Å². The summed E-state index contributed by atoms with van der Waals surface area (Å²) in [5, 5.41) is 9.23. The summed E-state index contributed by atoms with van der Waals surface area (Å²) in [5.74, 6) is -0.571. The van der Waals surface area contributed by atoms with Gasteiger partial charge in [0.1, 0.15) is 5.76 Å². The van der Waals surface area contributed by atoms with Crippen molar-refractivity contribution in [2.45, 2.75) is 20.0 Å². The fraction of sp³-hybridized carbons (Fsp3) is 0.231. The molecule has 1 aromatic rings. The average Bonchev–Trinajstić information content (AvgIpc) is 2.27. The number of alkyl halides is 3. The molecule has 0 aliphatic heterocycles. The molecule has 1 rings (SSSR count). The summed E-state index contributed by atoms with van der Waals surface area (Å²) in [6.07, 6.45) is -3.27. The van der Waals surface area contributed by atoms with E-state index in [1.54, 1.807) is 0 Å². The van der Waals surface area contributed by atoms with Crippen molar-refractivity contribution in [2.75, 3.05) is 0 Å². The second kappa shape index (κ2) is 5.69. The van der Waals surface area contributed by atoms with Crippen LogP contribution in [0.1, 0.15) is 19.4 Å². The fourth-order valence-corrected chi connectivity index (χ4v) is 1.31. The molecule has 0 aromatic heterocycles. The van der Waals surface area contributed by atoms with Crippen molar-refractivity contribution < 1.29 is 23.1 Å². The van der Waals surface area contributed by atoms with Crippen molar-refractivity contribution in [3.05, 3.63) is 41.2 Å². The van der Waals surface area contributed by atoms with E-state index in [4.69, 9.17) is 0 Å². The van der Waals surface area contributed by atoms with Gasteiger partial charge in [-0.25, -0.2) is 0 Å². The van der Waals surface area contributed by atoms with Crippen LogP contribution in [0.3, 0.4) is 0 Å². The van der Waals surface area contributed by atoms with Gasteiger partial charge in [-0.15, -0.1) is 0 Å². The summed E-state index contributed by atoms with van der Waals surface area (Å²) in [6.45, 7) is 2.59. The summed E-state index contributed by atoms with van der Waals surface area (Å²) < 4.78 is 37.0. The van der Waals surface area contributed by atoms with Crippen molar-refractivity contribution in [2.24, 2.45) is 4.99 Å². The Balaban J connectivity index is 2.96. The number of aliphatic hydroxyl groups is 1. The highest BCUT2D eigenvalue weighted by Gasteiger charge is 2.29. The first-order valence-corrected chi connectivity index (χ1v) is 5.34. The molecule has 1 N–H and O–H groups in total. The molecule has 0 saturated heterocycles. The number of benzene rings is 1. The van der Waals surface area contributed by atoms with Crippen LogP contribution in [0.25, 0.3) is 0 Å². The number of ketones is 1. The number of nitrogens with zero attached hydrogens (tertiary/aromatic N) is 1. The minimum atomic E-state index is -4.39. The number of carbonyl (C=O) groups excluding carboxylic acids is 1. The molecule has 0 saturated carbocycles. The Bertz CT molecular complexity index is 524. The van der Waals surface area contributed by atoms with E-state index in [-0.39, 0.29) is 22.8 Å². The monoisotopic (exact) mass is 271 g/mol. The topological polar surface area (TPSA) is 49.7 Å². The number of halogens is 3. The third-order valence-electron chi connectivity index (χ3n) is 2.31. The molecule has 3 nitrogen and oxygen atoms in total. The maximum atomic E-state index is 12.3. The first-order chi connectivity index (χ1) is 8.71. The zero-order valence-electron chi connectivity index (χ0n) is 10.3. The second-order valence-corrected chi connectivity index (χ2v) is 3.86. The van der Waals surface area contributed by atoms with E-state index in [0.717, 1.165) is 18.3 Å². The highest BCUT2D eigenvalue weighted by Crippen LogP contribution is 2.30. The Hall–Kier alpha value is -2.11. The van der Waals surface area contributed by atoms with Crippen LogP contribution in [0.2, 0.25) is 0 Å². The molecule has 19 heavy (non-hydrogen) atoms. The van der Waals surface area contributed by atoms with Crippen LogP contribution in [-0.2, 0) is 11.0 Å². The van der Waals surface area contributed by atoms with Crippen molar-refractivity contribution in [1.29, 1.82) is 0 Å². The van der Waals surface area contributed by atoms with Gasteiger partial charge in [0.25, 0.3) is 0 Å². The molecule has 0 heterocycles. The molecular formula is C13H12F3NO2. The van der Waals surface area contributed by atoms with E-state index >= 15 is 0 Å². The quantitative estimate of drug-likeness (QED) is 0.516. The van der Waals surface area contributed by atoms with Gasteiger partial charge in [0.05, 0.1) is 16.8 Å². The van der Waals surface area contributed by atoms with Crippen LogP contribution < -0.4 is 0 Å². The van der Waals surface area contributed by atoms with Crippen LogP contribution >= 0.6 is 0 Å². The Kier molecular flexibility index (Phi) is 4.47. The largest absolute Gasteiger partial charge is 0.512 e. The molecule has 0 bridgehead atoms. The zero-order valence-corrected chi connectivity index (χ0v) is 10.3. The lowest BCUT2D eigenvalue weighted by Gasteiger charge is -2.05. The first-order valence-electron chi connectivity index (χ1n) is 5.34. The van der Waals surface area contributed by atoms with E-state index in [9.17, 15) is 23.1 Å². The van der Waals surface area contributed by atoms with Gasteiger partial charge in [-0.2, -0.15) is 13.2 Å². The van der Waals surface area contributed by atoms with Crippen molar-refractivity contribution in [3.8, 4) is 0 Å². The molecule has 0 amide bonds. The Morgan fingerprint density at radius 1 is 1.21 bits per heavy atom. The summed E-state index contributed by atoms with van der Waals surface area (Å²) in [4.78, 5) is 15.0. The van der Waals surface area contributed by atoms with E-state index < -0.39 is 11.7 Å². The number of aliphatic imine (C=N–C) groups is 1. The SMILES string of the molecule is CC(=O)/C(C=Nc1ccc(C(F)(F)F)cc1)=C(/C)O. The maximum Gasteiger partial charge on any atom is 0.416 e. The van der Waals surface area contributed by atoms with Crippen molar-refractivity contribution in [1.82, 2.24) is 0 Å². The van der Waals surface area contributed by atoms with Crippen LogP contribution in [-0.4, -0.2) is 17.1 Å². The van der Waals surface area contributed by atoms with E-state index in [1.807, 2.05) is 0 Å². The lowest BCUT2D eigenvalue weighted by molar-refractivity contribution is -0.137. The lowest BCUT2D eigenvalue weighted by Crippen LogP contribution is -2.03. The van der Waals surface area contributed by atoms with Crippen LogP contribution in [0.15, 0.2) is 40.6 Å². The number of allylic oxidation sites excluding steroid dienone is 2. The highest BCUT2D eigenvalue weighted by atomic mass is 19.4. The summed E-state index contributed by atoms with van der Waals surface area (Å²) >= 11 is 0. The van der Waals surface area contributed by atoms with E-state index in [1.165, 1.54) is 26.0 Å². The smallest absolute Gasteiger partial charge is 0.416 e. The standard InChI is InChI=1S/C13H12F3NO2/c1-8(18)12(9(2)19)7-17-11-5-3-10(4-6-11)13(14,15)16/h3-7,18H,1-2H3/b12-8-,17-7?. The van der Waals surface area contributed by atoms with Gasteiger partial charge in [0.2, 0.25) is 0 Å². The summed E-state index contributed by atoms with van der Waals surface area (Å²) in [5.41, 5.74) is -0.500. The van der Waals surface area contributed by atoms with Gasteiger partial charge in [-0.3, -0.25) is 9.79 Å². The molecule has 6 heteroatoms. The van der Waals surface area contributed by atoms with Crippen LogP contribution in [0, 0.1) is 0 Å². The van der Waals surface area contributed by atoms with Gasteiger partial charge in [-0.05, 0) is 38.1 Å². The molecular weight excluding hydrogens is 259 g/mol. The summed E-state index contributed by atoms with van der Waals surface area (Å²) in [7, 11) is 0. The van der Waals surface area contributed by atoms with Gasteiger partial charge in [-0.1, -0.05) is 0 Å². The molecule has 0 fully saturated rings. The Labute approximate surface area is 108 Å². The van der Waals surface area contributed by atoms with Gasteiger partial charge < -0.3 is 5.11 Å². The molecule has 0 atom stereocenters. The van der Waals surface area contributed by atoms with Crippen LogP contribution in [0.4, 0.5) is 18.9 Å². The predicted octanol–water partition coefficient (Wildman–Crippen LogP) is 3.83. The van der Waals surface area contributed by atoms with Gasteiger partial charge in [0, 0.05) is 6.21 Å². The van der Waals surface area contributed by atoms with Crippen LogP contribution in [0.5, 0.6) is 0 Å². The number of Topliss-reactive ketones (excluding diaryl/α,β-unsaturated/α-hetero) is 1. The number of rotatable bonds is 3. The van der Waals surface area contributed by atoms with Gasteiger partial charge in [0.15, 0.2) is 5.78 Å². The fourth-order valence-electron chi connectivity index (χ4n) is 1.31. The van der Waals surface area contributed by atoms with Crippen molar-refractivity contribution in [3.63, 3.8) is 0 Å². The Morgan fingerprint density at radius 2 is 1.74 bits per heavy atom. The molecule has 0 radical (unpaired) electrons. The van der Waals surface area contributed by atoms with Gasteiger partial charge >= 0.3 is 6.18 Å². The molecule has 102 valence electrons. The molecule has 0 aliphatic rings. The average molecular weight is 271 g/mol. The lowest BCUT2D eigenvalue weighted by atomic mass is 10.1. The third kappa shape index (κ3) is 4.24. The number of carbonyl (C=O) groups is 1. The predicted molar refractivity (Wildman–Crippen MR) is 65.6 cm³/mol. The summed E-state index contributed by atoms with van der Waals surface area (Å²) in [6, 6.07) is 4.17. The first kappa shape index (κ1) is 14.9. The molecule has 0 spiro atoms.